The minimum atomic E-state index is 0.599. The van der Waals surface area contributed by atoms with Gasteiger partial charge in [0.05, 0.1) is 19.9 Å². The van der Waals surface area contributed by atoms with Crippen LogP contribution in [0.5, 0.6) is 11.5 Å². The zero-order valence-corrected chi connectivity index (χ0v) is 22.8. The second-order valence-corrected chi connectivity index (χ2v) is 9.64. The molecule has 202 valence electrons. The van der Waals surface area contributed by atoms with Crippen molar-refractivity contribution in [3.05, 3.63) is 120 Å². The predicted octanol–water partition coefficient (Wildman–Crippen LogP) is 7.15. The molecule has 7 heteroatoms. The third kappa shape index (κ3) is 5.33. The number of H-pyrrole nitrogens is 1. The Morgan fingerprint density at radius 1 is 0.634 bits per heavy atom. The first-order valence-electron chi connectivity index (χ1n) is 13.1. The third-order valence-electron chi connectivity index (χ3n) is 6.99. The van der Waals surface area contributed by atoms with E-state index in [0.717, 1.165) is 56.3 Å². The third-order valence-corrected chi connectivity index (χ3v) is 6.99. The Balaban J connectivity index is 1.50. The van der Waals surface area contributed by atoms with Gasteiger partial charge >= 0.3 is 0 Å². The Bertz CT molecular complexity index is 1780. The number of methoxy groups -OCH3 is 2. The van der Waals surface area contributed by atoms with E-state index >= 15 is 0 Å². The molecule has 4 aromatic carbocycles. The fourth-order valence-electron chi connectivity index (χ4n) is 4.72. The number of aromatic nitrogens is 1. The zero-order chi connectivity index (χ0) is 28.3. The Morgan fingerprint density at radius 2 is 1.15 bits per heavy atom. The number of rotatable bonds is 7. The van der Waals surface area contributed by atoms with E-state index in [-0.39, 0.29) is 0 Å². The van der Waals surface area contributed by atoms with Gasteiger partial charge in [-0.15, -0.1) is 0 Å². The lowest BCUT2D eigenvalue weighted by Gasteiger charge is -2.06. The molecule has 0 aliphatic carbocycles. The minimum Gasteiger partial charge on any atom is -0.497 e. The number of nitrogens with zero attached hydrogens (tertiary/aromatic N) is 2. The van der Waals surface area contributed by atoms with Crippen molar-refractivity contribution < 1.29 is 9.47 Å². The van der Waals surface area contributed by atoms with E-state index < -0.39 is 0 Å². The topological polar surface area (TPSA) is 111 Å². The van der Waals surface area contributed by atoms with E-state index in [1.807, 2.05) is 97.1 Å². The monoisotopic (exact) mass is 539 g/mol. The molecule has 6 rings (SSSR count). The van der Waals surface area contributed by atoms with Gasteiger partial charge in [-0.3, -0.25) is 0 Å². The number of benzene rings is 4. The molecule has 0 fully saturated rings. The first-order valence-corrected chi connectivity index (χ1v) is 13.1. The summed E-state index contributed by atoms with van der Waals surface area (Å²) in [5.74, 6) is 2.86. The first-order chi connectivity index (χ1) is 20.0. The van der Waals surface area contributed by atoms with Crippen LogP contribution in [0.4, 0.5) is 17.2 Å². The van der Waals surface area contributed by atoms with Gasteiger partial charge in [0.2, 0.25) is 0 Å². The van der Waals surface area contributed by atoms with Crippen LogP contribution < -0.4 is 20.9 Å². The molecular weight excluding hydrogens is 510 g/mol. The molecule has 0 unspecified atom stereocenters. The van der Waals surface area contributed by atoms with E-state index in [1.54, 1.807) is 14.2 Å². The number of hydrogen-bond acceptors (Lipinski definition) is 5. The highest BCUT2D eigenvalue weighted by atomic mass is 16.5. The highest BCUT2D eigenvalue weighted by molar-refractivity contribution is 6.38. The van der Waals surface area contributed by atoms with E-state index in [9.17, 15) is 0 Å². The molecule has 7 nitrogen and oxygen atoms in total. The second-order valence-electron chi connectivity index (χ2n) is 9.64. The number of amidine groups is 1. The summed E-state index contributed by atoms with van der Waals surface area (Å²) in [7, 11) is 3.31. The molecular formula is C34H29N5O2. The highest BCUT2D eigenvalue weighted by Gasteiger charge is 2.21. The standard InChI is InChI=1S/C34H29N5O2/c1-40-27-15-7-21(8-16-27)29-19-31(23-3-11-25(35)12-4-23)37-33(29)39-34-30(22-9-17-28(41-2)18-10-22)20-32(38-34)24-5-13-26(36)14-6-24/h3-20,37H,35-36H2,1-2H3/b39-34-. The summed E-state index contributed by atoms with van der Waals surface area (Å²) in [4.78, 5) is 13.6. The SMILES string of the molecule is COc1ccc(C2=CC(c3ccc(N)cc3)=N/C2=N\c2[nH]c(-c3ccc(N)cc3)cc2-c2ccc(OC)cc2)cc1. The van der Waals surface area contributed by atoms with E-state index in [0.29, 0.717) is 23.0 Å². The lowest BCUT2D eigenvalue weighted by atomic mass is 10.0. The van der Waals surface area contributed by atoms with Gasteiger partial charge in [-0.25, -0.2) is 9.98 Å². The van der Waals surface area contributed by atoms with E-state index in [4.69, 9.17) is 30.9 Å². The number of anilines is 2. The second kappa shape index (κ2) is 10.9. The molecule has 1 aromatic heterocycles. The molecule has 5 aromatic rings. The Kier molecular flexibility index (Phi) is 6.83. The summed E-state index contributed by atoms with van der Waals surface area (Å²) < 4.78 is 10.8. The summed E-state index contributed by atoms with van der Waals surface area (Å²) >= 11 is 0. The molecule has 1 aliphatic heterocycles. The molecule has 0 bridgehead atoms. The van der Waals surface area contributed by atoms with Crippen LogP contribution >= 0.6 is 0 Å². The minimum absolute atomic E-state index is 0.599. The quantitative estimate of drug-likeness (QED) is 0.191. The maximum absolute atomic E-state index is 5.95. The number of aliphatic imine (C=N–C) groups is 2. The molecule has 1 aliphatic rings. The number of ether oxygens (including phenoxy) is 2. The molecule has 0 spiro atoms. The summed E-state index contributed by atoms with van der Waals surface area (Å²) in [5, 5.41) is 0. The molecule has 0 saturated carbocycles. The van der Waals surface area contributed by atoms with Crippen LogP contribution in [-0.2, 0) is 0 Å². The van der Waals surface area contributed by atoms with Crippen molar-refractivity contribution in [2.24, 2.45) is 9.98 Å². The number of nitrogen functional groups attached to an aromatic ring is 2. The average Bonchev–Trinajstić information content (AvgIpc) is 3.63. The number of nitrogens with one attached hydrogen (secondary N) is 1. The fraction of sp³-hybridized carbons (Fsp3) is 0.0588. The first kappa shape index (κ1) is 25.7. The maximum atomic E-state index is 5.95. The molecule has 0 amide bonds. The van der Waals surface area contributed by atoms with Crippen LogP contribution in [0.15, 0.2) is 119 Å². The molecule has 41 heavy (non-hydrogen) atoms. The van der Waals surface area contributed by atoms with Crippen molar-refractivity contribution in [1.29, 1.82) is 0 Å². The normalized spacial score (nSPS) is 13.7. The van der Waals surface area contributed by atoms with Crippen molar-refractivity contribution in [2.75, 3.05) is 25.7 Å². The van der Waals surface area contributed by atoms with Crippen LogP contribution in [0.1, 0.15) is 11.1 Å². The highest BCUT2D eigenvalue weighted by Crippen LogP contribution is 2.37. The van der Waals surface area contributed by atoms with Crippen molar-refractivity contribution in [2.45, 2.75) is 0 Å². The molecule has 0 radical (unpaired) electrons. The molecule has 0 atom stereocenters. The molecule has 5 N–H and O–H groups in total. The number of hydrogen-bond donors (Lipinski definition) is 3. The summed E-state index contributed by atoms with van der Waals surface area (Å²) in [6, 6.07) is 33.4. The van der Waals surface area contributed by atoms with Crippen molar-refractivity contribution in [1.82, 2.24) is 4.98 Å². The van der Waals surface area contributed by atoms with Gasteiger partial charge in [0, 0.05) is 33.8 Å². The van der Waals surface area contributed by atoms with Crippen molar-refractivity contribution >= 4 is 34.3 Å². The van der Waals surface area contributed by atoms with Gasteiger partial charge in [0.25, 0.3) is 0 Å². The summed E-state index contributed by atoms with van der Waals surface area (Å²) in [5.41, 5.74) is 20.8. The van der Waals surface area contributed by atoms with Crippen LogP contribution in [-0.4, -0.2) is 30.8 Å². The fourth-order valence-corrected chi connectivity index (χ4v) is 4.72. The smallest absolute Gasteiger partial charge is 0.162 e. The van der Waals surface area contributed by atoms with Gasteiger partial charge in [0.15, 0.2) is 5.84 Å². The van der Waals surface area contributed by atoms with Crippen LogP contribution in [0.25, 0.3) is 28.0 Å². The lowest BCUT2D eigenvalue weighted by molar-refractivity contribution is 0.414. The van der Waals surface area contributed by atoms with Gasteiger partial charge < -0.3 is 25.9 Å². The van der Waals surface area contributed by atoms with Crippen LogP contribution in [0.2, 0.25) is 0 Å². The van der Waals surface area contributed by atoms with Crippen molar-refractivity contribution in [3.63, 3.8) is 0 Å². The number of aromatic amines is 1. The van der Waals surface area contributed by atoms with Crippen LogP contribution in [0, 0.1) is 0 Å². The van der Waals surface area contributed by atoms with Crippen LogP contribution in [0.3, 0.4) is 0 Å². The maximum Gasteiger partial charge on any atom is 0.162 e. The zero-order valence-electron chi connectivity index (χ0n) is 22.8. The largest absolute Gasteiger partial charge is 0.497 e. The van der Waals surface area contributed by atoms with Gasteiger partial charge in [0.1, 0.15) is 17.3 Å². The lowest BCUT2D eigenvalue weighted by Crippen LogP contribution is -1.96. The average molecular weight is 540 g/mol. The van der Waals surface area contributed by atoms with Gasteiger partial charge in [-0.05, 0) is 77.4 Å². The van der Waals surface area contributed by atoms with Crippen molar-refractivity contribution in [3.8, 4) is 33.9 Å². The Labute approximate surface area is 238 Å². The van der Waals surface area contributed by atoms with E-state index in [1.165, 1.54) is 0 Å². The number of allylic oxidation sites excluding steroid dienone is 1. The molecule has 2 heterocycles. The van der Waals surface area contributed by atoms with Gasteiger partial charge in [-0.1, -0.05) is 48.5 Å². The van der Waals surface area contributed by atoms with E-state index in [2.05, 4.69) is 17.1 Å². The Morgan fingerprint density at radius 3 is 1.71 bits per heavy atom. The Hall–Kier alpha value is -5.56. The number of nitrogens with two attached hydrogens (primary N) is 2. The summed E-state index contributed by atoms with van der Waals surface area (Å²) in [6.45, 7) is 0. The predicted molar refractivity (Wildman–Crippen MR) is 168 cm³/mol. The summed E-state index contributed by atoms with van der Waals surface area (Å²) in [6.07, 6.45) is 2.06. The van der Waals surface area contributed by atoms with Gasteiger partial charge in [-0.2, -0.15) is 0 Å². The molecule has 0 saturated heterocycles.